The number of halogens is 1. The zero-order valence-corrected chi connectivity index (χ0v) is 19.9. The fourth-order valence-electron chi connectivity index (χ4n) is 4.79. The van der Waals surface area contributed by atoms with Crippen LogP contribution in [-0.2, 0) is 11.2 Å². The third kappa shape index (κ3) is 4.28. The smallest absolute Gasteiger partial charge is 0.227 e. The van der Waals surface area contributed by atoms with Gasteiger partial charge in [-0.3, -0.25) is 4.79 Å². The molecule has 4 heterocycles. The molecule has 0 saturated carbocycles. The second-order valence-electron chi connectivity index (χ2n) is 8.56. The molecule has 0 unspecified atom stereocenters. The molecule has 0 aliphatic carbocycles. The van der Waals surface area contributed by atoms with E-state index in [9.17, 15) is 4.79 Å². The molecule has 2 aliphatic heterocycles. The fraction of sp³-hybridized carbons (Fsp3) is 0.458. The predicted molar refractivity (Wildman–Crippen MR) is 132 cm³/mol. The van der Waals surface area contributed by atoms with Gasteiger partial charge in [-0.1, -0.05) is 18.5 Å². The molecule has 2 saturated heterocycles. The first-order chi connectivity index (χ1) is 15.6. The molecule has 2 aromatic heterocycles. The van der Waals surface area contributed by atoms with Crippen molar-refractivity contribution < 1.29 is 4.79 Å². The molecule has 32 heavy (non-hydrogen) atoms. The SMILES string of the molecule is CCc1cc2c(N3CCC[C@H](C(=O)N4CCN(c5ccc(Cl)cc5)CC4)C3)ncnc2s1. The summed E-state index contributed by atoms with van der Waals surface area (Å²) in [5.41, 5.74) is 1.17. The first-order valence-corrected chi connectivity index (χ1v) is 12.6. The van der Waals surface area contributed by atoms with Crippen LogP contribution in [0.1, 0.15) is 24.6 Å². The van der Waals surface area contributed by atoms with E-state index in [4.69, 9.17) is 11.6 Å². The van der Waals surface area contributed by atoms with Crippen molar-refractivity contribution in [2.45, 2.75) is 26.2 Å². The van der Waals surface area contributed by atoms with Crippen molar-refractivity contribution >= 4 is 50.6 Å². The molecule has 2 aliphatic rings. The number of hydrogen-bond donors (Lipinski definition) is 0. The number of nitrogens with zero attached hydrogens (tertiary/aromatic N) is 5. The lowest BCUT2D eigenvalue weighted by Gasteiger charge is -2.40. The Balaban J connectivity index is 1.25. The van der Waals surface area contributed by atoms with Gasteiger partial charge in [-0.15, -0.1) is 11.3 Å². The van der Waals surface area contributed by atoms with E-state index in [1.807, 2.05) is 12.1 Å². The van der Waals surface area contributed by atoms with E-state index in [0.29, 0.717) is 0 Å². The van der Waals surface area contributed by atoms with Gasteiger partial charge in [0.1, 0.15) is 17.0 Å². The van der Waals surface area contributed by atoms with Crippen LogP contribution in [0.4, 0.5) is 11.5 Å². The second-order valence-corrected chi connectivity index (χ2v) is 10.1. The number of rotatable bonds is 4. The third-order valence-electron chi connectivity index (χ3n) is 6.56. The Morgan fingerprint density at radius 2 is 1.88 bits per heavy atom. The maximum atomic E-state index is 13.4. The molecule has 2 fully saturated rings. The van der Waals surface area contributed by atoms with E-state index in [1.165, 1.54) is 10.6 Å². The highest BCUT2D eigenvalue weighted by molar-refractivity contribution is 7.18. The molecule has 3 aromatic rings. The maximum absolute atomic E-state index is 13.4. The van der Waals surface area contributed by atoms with Gasteiger partial charge in [0.25, 0.3) is 0 Å². The van der Waals surface area contributed by atoms with Gasteiger partial charge in [0.2, 0.25) is 5.91 Å². The van der Waals surface area contributed by atoms with Crippen LogP contribution in [-0.4, -0.2) is 60.0 Å². The summed E-state index contributed by atoms with van der Waals surface area (Å²) in [6.07, 6.45) is 4.63. The summed E-state index contributed by atoms with van der Waals surface area (Å²) in [5.74, 6) is 1.30. The Morgan fingerprint density at radius 1 is 1.09 bits per heavy atom. The van der Waals surface area contributed by atoms with Gasteiger partial charge < -0.3 is 14.7 Å². The number of anilines is 2. The van der Waals surface area contributed by atoms with Gasteiger partial charge >= 0.3 is 0 Å². The number of carbonyl (C=O) groups is 1. The molecule has 0 radical (unpaired) electrons. The third-order valence-corrected chi connectivity index (χ3v) is 8.00. The van der Waals surface area contributed by atoms with Crippen LogP contribution in [0.3, 0.4) is 0 Å². The van der Waals surface area contributed by atoms with Crippen molar-refractivity contribution in [3.8, 4) is 0 Å². The summed E-state index contributed by atoms with van der Waals surface area (Å²) in [6.45, 7) is 7.08. The highest BCUT2D eigenvalue weighted by Crippen LogP contribution is 2.33. The minimum absolute atomic E-state index is 0.0279. The molecule has 6 nitrogen and oxygen atoms in total. The van der Waals surface area contributed by atoms with Crippen LogP contribution in [0, 0.1) is 5.92 Å². The average Bonchev–Trinajstić information content (AvgIpc) is 3.28. The summed E-state index contributed by atoms with van der Waals surface area (Å²) in [7, 11) is 0. The Kier molecular flexibility index (Phi) is 6.20. The highest BCUT2D eigenvalue weighted by Gasteiger charge is 2.32. The van der Waals surface area contributed by atoms with Crippen LogP contribution in [0.2, 0.25) is 5.02 Å². The summed E-state index contributed by atoms with van der Waals surface area (Å²) in [5, 5.41) is 1.87. The maximum Gasteiger partial charge on any atom is 0.227 e. The number of aromatic nitrogens is 2. The van der Waals surface area contributed by atoms with E-state index < -0.39 is 0 Å². The molecule has 5 rings (SSSR count). The minimum Gasteiger partial charge on any atom is -0.368 e. The molecule has 0 bridgehead atoms. The fourth-order valence-corrected chi connectivity index (χ4v) is 5.84. The van der Waals surface area contributed by atoms with Crippen molar-refractivity contribution in [1.82, 2.24) is 14.9 Å². The predicted octanol–water partition coefficient (Wildman–Crippen LogP) is 4.47. The van der Waals surface area contributed by atoms with Gasteiger partial charge in [-0.05, 0) is 49.6 Å². The number of thiophene rings is 1. The number of amides is 1. The Bertz CT molecular complexity index is 1090. The van der Waals surface area contributed by atoms with Gasteiger partial charge in [0.05, 0.1) is 11.3 Å². The quantitative estimate of drug-likeness (QED) is 0.564. The zero-order chi connectivity index (χ0) is 22.1. The van der Waals surface area contributed by atoms with Gasteiger partial charge in [0.15, 0.2) is 0 Å². The lowest BCUT2D eigenvalue weighted by Crippen LogP contribution is -2.52. The molecule has 0 N–H and O–H groups in total. The van der Waals surface area contributed by atoms with Crippen LogP contribution in [0.25, 0.3) is 10.2 Å². The van der Waals surface area contributed by atoms with Gasteiger partial charge in [-0.2, -0.15) is 0 Å². The average molecular weight is 470 g/mol. The molecule has 1 amide bonds. The van der Waals surface area contributed by atoms with E-state index in [2.05, 4.69) is 49.8 Å². The molecule has 8 heteroatoms. The lowest BCUT2D eigenvalue weighted by atomic mass is 9.96. The lowest BCUT2D eigenvalue weighted by molar-refractivity contribution is -0.136. The van der Waals surface area contributed by atoms with Crippen LogP contribution >= 0.6 is 22.9 Å². The number of hydrogen-bond acceptors (Lipinski definition) is 6. The number of aryl methyl sites for hydroxylation is 1. The van der Waals surface area contributed by atoms with Crippen LogP contribution in [0.5, 0.6) is 0 Å². The number of carbonyl (C=O) groups excluding carboxylic acids is 1. The Hall–Kier alpha value is -2.38. The Morgan fingerprint density at radius 3 is 2.62 bits per heavy atom. The Labute approximate surface area is 197 Å². The summed E-state index contributed by atoms with van der Waals surface area (Å²) in [4.78, 5) is 31.5. The zero-order valence-electron chi connectivity index (χ0n) is 18.3. The van der Waals surface area contributed by atoms with Crippen molar-refractivity contribution in [1.29, 1.82) is 0 Å². The van der Waals surface area contributed by atoms with Gasteiger partial charge in [-0.25, -0.2) is 9.97 Å². The largest absolute Gasteiger partial charge is 0.368 e. The first-order valence-electron chi connectivity index (χ1n) is 11.4. The minimum atomic E-state index is 0.0279. The van der Waals surface area contributed by atoms with E-state index in [0.717, 1.165) is 79.6 Å². The number of piperazine rings is 1. The monoisotopic (exact) mass is 469 g/mol. The number of fused-ring (bicyclic) bond motifs is 1. The second kappa shape index (κ2) is 9.24. The van der Waals surface area contributed by atoms with Crippen molar-refractivity contribution in [3.63, 3.8) is 0 Å². The van der Waals surface area contributed by atoms with Gasteiger partial charge in [0, 0.05) is 54.9 Å². The summed E-state index contributed by atoms with van der Waals surface area (Å²) < 4.78 is 0. The van der Waals surface area contributed by atoms with Crippen molar-refractivity contribution in [2.24, 2.45) is 5.92 Å². The topological polar surface area (TPSA) is 52.6 Å². The van der Waals surface area contributed by atoms with Crippen LogP contribution < -0.4 is 9.80 Å². The number of piperidine rings is 1. The highest BCUT2D eigenvalue weighted by atomic mass is 35.5. The first kappa shape index (κ1) is 21.5. The number of benzene rings is 1. The molecular formula is C24H28ClN5OS. The van der Waals surface area contributed by atoms with Crippen molar-refractivity contribution in [3.05, 3.63) is 46.6 Å². The van der Waals surface area contributed by atoms with Crippen molar-refractivity contribution in [2.75, 3.05) is 49.1 Å². The molecular weight excluding hydrogens is 442 g/mol. The molecule has 168 valence electrons. The summed E-state index contributed by atoms with van der Waals surface area (Å²) in [6, 6.07) is 10.2. The van der Waals surface area contributed by atoms with Crippen LogP contribution in [0.15, 0.2) is 36.7 Å². The van der Waals surface area contributed by atoms with E-state index in [-0.39, 0.29) is 11.8 Å². The standard InChI is InChI=1S/C24H28ClN5OS/c1-2-20-14-21-22(26-16-27-23(21)32-20)30-9-3-4-17(15-30)24(31)29-12-10-28(11-13-29)19-7-5-18(25)6-8-19/h5-8,14,16-17H,2-4,9-13,15H2,1H3/t17-/m0/s1. The molecule has 0 spiro atoms. The normalized spacial score (nSPS) is 19.6. The van der Waals surface area contributed by atoms with E-state index >= 15 is 0 Å². The molecule has 1 atom stereocenters. The van der Waals surface area contributed by atoms with E-state index in [1.54, 1.807) is 17.7 Å². The summed E-state index contributed by atoms with van der Waals surface area (Å²) >= 11 is 7.75. The molecule has 1 aromatic carbocycles.